The molecule has 3 amide bonds. The number of hydrogen-bond acceptors (Lipinski definition) is 11. The van der Waals surface area contributed by atoms with Gasteiger partial charge in [-0.2, -0.15) is 0 Å². The van der Waals surface area contributed by atoms with E-state index in [2.05, 4.69) is 26.9 Å². The largest absolute Gasteiger partial charge is 0.494 e. The number of nitrogens with zero attached hydrogens (tertiary/aromatic N) is 2. The summed E-state index contributed by atoms with van der Waals surface area (Å²) < 4.78 is 44.4. The molecule has 3 fully saturated rings. The van der Waals surface area contributed by atoms with E-state index in [4.69, 9.17) is 25.8 Å². The summed E-state index contributed by atoms with van der Waals surface area (Å²) in [6.45, 7) is 9.33. The van der Waals surface area contributed by atoms with Crippen LogP contribution in [0.5, 0.6) is 11.6 Å². The monoisotopic (exact) mass is 781 g/mol. The summed E-state index contributed by atoms with van der Waals surface area (Å²) in [4.78, 5) is 60.8. The summed E-state index contributed by atoms with van der Waals surface area (Å²) in [7, 11) is -1.11. The van der Waals surface area contributed by atoms with Gasteiger partial charge < -0.3 is 29.7 Å². The van der Waals surface area contributed by atoms with Crippen LogP contribution in [0.1, 0.15) is 56.8 Å². The van der Waals surface area contributed by atoms with E-state index in [0.717, 1.165) is 0 Å². The highest BCUT2D eigenvalue weighted by molar-refractivity contribution is 7.91. The predicted octanol–water partition coefficient (Wildman–Crippen LogP) is 4.23. The maximum Gasteiger partial charge on any atom is 0.337 e. The van der Waals surface area contributed by atoms with Gasteiger partial charge in [0.15, 0.2) is 0 Å². The molecule has 16 heteroatoms. The summed E-state index contributed by atoms with van der Waals surface area (Å²) in [5.41, 5.74) is -1.52. The average molecular weight is 782 g/mol. The first kappa shape index (κ1) is 38.8. The molecule has 0 radical (unpaired) electrons. The number of anilines is 1. The number of rotatable bonds is 13. The first-order valence-electron chi connectivity index (χ1n) is 17.6. The number of benzene rings is 2. The topological polar surface area (TPSA) is 182 Å². The fourth-order valence-electron chi connectivity index (χ4n) is 6.81. The Morgan fingerprint density at radius 3 is 2.46 bits per heavy atom. The Labute approximate surface area is 319 Å². The van der Waals surface area contributed by atoms with Crippen LogP contribution < -0.4 is 24.8 Å². The maximum atomic E-state index is 14.7. The van der Waals surface area contributed by atoms with Gasteiger partial charge in [0.25, 0.3) is 5.91 Å². The molecular weight excluding hydrogens is 738 g/mol. The Balaban J connectivity index is 1.33. The molecule has 0 bridgehead atoms. The van der Waals surface area contributed by atoms with Crippen molar-refractivity contribution in [2.75, 3.05) is 26.1 Å². The smallest absolute Gasteiger partial charge is 0.337 e. The van der Waals surface area contributed by atoms with Crippen molar-refractivity contribution in [1.82, 2.24) is 19.9 Å². The number of esters is 1. The molecule has 6 rings (SSSR count). The molecule has 2 aromatic carbocycles. The number of likely N-dealkylation sites (tertiary alicyclic amines) is 1. The van der Waals surface area contributed by atoms with Crippen LogP contribution in [0.3, 0.4) is 0 Å². The van der Waals surface area contributed by atoms with Crippen LogP contribution in [0.25, 0.3) is 10.8 Å². The molecule has 2 saturated carbocycles. The van der Waals surface area contributed by atoms with E-state index in [1.807, 2.05) is 20.8 Å². The van der Waals surface area contributed by atoms with Crippen LogP contribution in [-0.2, 0) is 29.1 Å². The van der Waals surface area contributed by atoms with Gasteiger partial charge in [-0.25, -0.2) is 18.2 Å². The van der Waals surface area contributed by atoms with Crippen LogP contribution in [0.15, 0.2) is 61.3 Å². The molecule has 3 N–H and O–H groups in total. The number of fused-ring (bicyclic) bond motifs is 1. The van der Waals surface area contributed by atoms with Crippen LogP contribution >= 0.6 is 11.6 Å². The van der Waals surface area contributed by atoms with Crippen molar-refractivity contribution in [3.63, 3.8) is 0 Å². The summed E-state index contributed by atoms with van der Waals surface area (Å²) in [5, 5.41) is 7.11. The Morgan fingerprint density at radius 2 is 1.83 bits per heavy atom. The number of nitrogens with one attached hydrogen (secondary N) is 3. The number of pyridine rings is 1. The Hall–Kier alpha value is -4.89. The van der Waals surface area contributed by atoms with Gasteiger partial charge in [0.2, 0.25) is 27.7 Å². The number of ether oxygens (including phenoxy) is 3. The van der Waals surface area contributed by atoms with Crippen molar-refractivity contribution in [1.29, 1.82) is 0 Å². The van der Waals surface area contributed by atoms with Gasteiger partial charge >= 0.3 is 5.97 Å². The number of carbonyl (C=O) groups excluding carboxylic acids is 4. The number of carbonyl (C=O) groups is 4. The summed E-state index contributed by atoms with van der Waals surface area (Å²) >= 11 is 6.35. The second kappa shape index (κ2) is 14.7. The first-order valence-corrected chi connectivity index (χ1v) is 19.5. The lowest BCUT2D eigenvalue weighted by molar-refractivity contribution is -0.141. The second-order valence-corrected chi connectivity index (χ2v) is 17.4. The molecule has 2 heterocycles. The molecule has 3 aliphatic rings. The molecule has 1 aromatic heterocycles. The summed E-state index contributed by atoms with van der Waals surface area (Å²) in [6.07, 6.45) is 3.32. The van der Waals surface area contributed by atoms with E-state index in [1.54, 1.807) is 42.5 Å². The number of hydrogen-bond donors (Lipinski definition) is 3. The lowest BCUT2D eigenvalue weighted by atomic mass is 9.85. The van der Waals surface area contributed by atoms with Crippen molar-refractivity contribution >= 4 is 61.8 Å². The zero-order valence-corrected chi connectivity index (χ0v) is 32.3. The van der Waals surface area contributed by atoms with E-state index in [-0.39, 0.29) is 30.8 Å². The third kappa shape index (κ3) is 7.83. The maximum absolute atomic E-state index is 14.7. The zero-order valence-electron chi connectivity index (χ0n) is 30.7. The number of aromatic nitrogens is 1. The Kier molecular flexibility index (Phi) is 10.6. The molecule has 0 spiro atoms. The molecule has 2 aliphatic carbocycles. The van der Waals surface area contributed by atoms with Crippen LogP contribution in [0.2, 0.25) is 5.02 Å². The average Bonchev–Trinajstić information content (AvgIpc) is 4.06. The molecule has 54 heavy (non-hydrogen) atoms. The molecular formula is C38H44ClN5O9S. The molecule has 1 aliphatic heterocycles. The van der Waals surface area contributed by atoms with Gasteiger partial charge in [-0.15, -0.1) is 6.58 Å². The molecule has 3 aromatic rings. The van der Waals surface area contributed by atoms with Gasteiger partial charge in [-0.1, -0.05) is 44.5 Å². The third-order valence-corrected chi connectivity index (χ3v) is 12.1. The highest BCUT2D eigenvalue weighted by Crippen LogP contribution is 2.46. The van der Waals surface area contributed by atoms with Gasteiger partial charge in [0, 0.05) is 33.8 Å². The van der Waals surface area contributed by atoms with Gasteiger partial charge in [-0.3, -0.25) is 19.1 Å². The predicted molar refractivity (Wildman–Crippen MR) is 202 cm³/mol. The standard InChI is InChI=1S/C38H44ClN5O9S/c1-7-22-18-38(22,36(48)43-54(49,50)26-12-13-26)42-32(45)29-17-25(53-33-28-16-23(39)11-14-27(28)30(51-5)19-40-33)20-44(29)34(46)31(37(2,3)4)41-24-10-8-9-21(15-24)35(47)52-6/h7-11,14-16,19,22,25-26,29,31,41H,1,12-13,17-18,20H2,2-6H3,(H,42,45)(H,43,48)/t22-,25-,29+,31+,38-/m1/s1. The number of methoxy groups -OCH3 is 2. The Bertz CT molecular complexity index is 2120. The molecule has 14 nitrogen and oxygen atoms in total. The SMILES string of the molecule is C=C[C@@H]1C[C@]1(NC(=O)[C@@H]1C[C@@H](Oc2ncc(OC)c3ccc(Cl)cc23)CN1C(=O)[C@H](Nc1cccc(C(=O)OC)c1)C(C)(C)C)C(=O)NS(=O)(=O)C1CC1. The highest BCUT2D eigenvalue weighted by atomic mass is 35.5. The minimum absolute atomic E-state index is 0.0128. The van der Waals surface area contributed by atoms with E-state index in [9.17, 15) is 27.6 Å². The van der Waals surface area contributed by atoms with Crippen molar-refractivity contribution in [2.45, 2.75) is 75.4 Å². The van der Waals surface area contributed by atoms with Crippen LogP contribution in [-0.4, -0.2) is 91.7 Å². The van der Waals surface area contributed by atoms with Gasteiger partial charge in [0.05, 0.1) is 37.8 Å². The van der Waals surface area contributed by atoms with E-state index >= 15 is 0 Å². The second-order valence-electron chi connectivity index (χ2n) is 15.0. The molecule has 1 saturated heterocycles. The van der Waals surface area contributed by atoms with Crippen molar-refractivity contribution in [3.8, 4) is 11.6 Å². The van der Waals surface area contributed by atoms with Crippen LogP contribution in [0, 0.1) is 11.3 Å². The van der Waals surface area contributed by atoms with Crippen molar-refractivity contribution in [3.05, 3.63) is 71.9 Å². The normalized spacial score (nSPS) is 22.9. The van der Waals surface area contributed by atoms with Crippen LogP contribution in [0.4, 0.5) is 5.69 Å². The van der Waals surface area contributed by atoms with E-state index < -0.39 is 74.0 Å². The van der Waals surface area contributed by atoms with Gasteiger partial charge in [0.1, 0.15) is 29.5 Å². The number of amides is 3. The van der Waals surface area contributed by atoms with E-state index in [1.165, 1.54) is 31.4 Å². The minimum Gasteiger partial charge on any atom is -0.494 e. The summed E-state index contributed by atoms with van der Waals surface area (Å²) in [5.74, 6) is -2.31. The van der Waals surface area contributed by atoms with Crippen molar-refractivity contribution in [2.24, 2.45) is 11.3 Å². The zero-order chi connectivity index (χ0) is 39.2. The van der Waals surface area contributed by atoms with Crippen molar-refractivity contribution < 1.29 is 41.8 Å². The molecule has 288 valence electrons. The Morgan fingerprint density at radius 1 is 1.09 bits per heavy atom. The quantitative estimate of drug-likeness (QED) is 0.167. The molecule has 0 unspecified atom stereocenters. The van der Waals surface area contributed by atoms with Gasteiger partial charge in [-0.05, 0) is 61.1 Å². The minimum atomic E-state index is -3.91. The highest BCUT2D eigenvalue weighted by Gasteiger charge is 2.62. The number of halogens is 1. The number of sulfonamides is 1. The lowest BCUT2D eigenvalue weighted by Gasteiger charge is -2.36. The molecule has 5 atom stereocenters. The lowest BCUT2D eigenvalue weighted by Crippen LogP contribution is -2.58. The fourth-order valence-corrected chi connectivity index (χ4v) is 8.34. The fraction of sp³-hybridized carbons (Fsp3) is 0.447. The third-order valence-electron chi connectivity index (χ3n) is 10.1. The summed E-state index contributed by atoms with van der Waals surface area (Å²) in [6, 6.07) is 9.66. The van der Waals surface area contributed by atoms with E-state index in [0.29, 0.717) is 40.1 Å². The first-order chi connectivity index (χ1) is 25.5.